The maximum Gasteiger partial charge on any atom is 0.123 e. The van der Waals surface area contributed by atoms with Gasteiger partial charge in [-0.2, -0.15) is 0 Å². The summed E-state index contributed by atoms with van der Waals surface area (Å²) in [4.78, 5) is 0. The molecule has 1 heterocycles. The van der Waals surface area contributed by atoms with Crippen LogP contribution in [0.2, 0.25) is 0 Å². The first-order valence-corrected chi connectivity index (χ1v) is 9.80. The third-order valence-electron chi connectivity index (χ3n) is 7.61. The maximum absolute atomic E-state index is 10.9. The van der Waals surface area contributed by atoms with E-state index in [9.17, 15) is 5.11 Å². The van der Waals surface area contributed by atoms with Crippen molar-refractivity contribution in [2.45, 2.75) is 71.5 Å². The lowest BCUT2D eigenvalue weighted by Gasteiger charge is -2.57. The van der Waals surface area contributed by atoms with Crippen molar-refractivity contribution in [2.24, 2.45) is 29.1 Å². The van der Waals surface area contributed by atoms with E-state index in [1.807, 2.05) is 0 Å². The zero-order valence-electron chi connectivity index (χ0n) is 15.6. The van der Waals surface area contributed by atoms with Crippen LogP contribution < -0.4 is 4.74 Å². The van der Waals surface area contributed by atoms with E-state index in [4.69, 9.17) is 4.74 Å². The van der Waals surface area contributed by atoms with E-state index in [-0.39, 0.29) is 11.7 Å². The quantitative estimate of drug-likeness (QED) is 0.842. The number of aliphatic hydroxyl groups is 1. The van der Waals surface area contributed by atoms with E-state index >= 15 is 0 Å². The Kier molecular flexibility index (Phi) is 3.76. The van der Waals surface area contributed by atoms with E-state index in [1.54, 1.807) is 0 Å². The molecule has 1 aliphatic heterocycles. The van der Waals surface area contributed by atoms with E-state index < -0.39 is 0 Å². The first-order valence-electron chi connectivity index (χ1n) is 9.80. The van der Waals surface area contributed by atoms with Crippen LogP contribution in [0.5, 0.6) is 5.75 Å². The highest BCUT2D eigenvalue weighted by Gasteiger charge is 2.62. The van der Waals surface area contributed by atoms with Crippen LogP contribution >= 0.6 is 0 Å². The Labute approximate surface area is 146 Å². The van der Waals surface area contributed by atoms with Gasteiger partial charge in [0.1, 0.15) is 11.4 Å². The second-order valence-electron chi connectivity index (χ2n) is 9.40. The number of para-hydroxylation sites is 1. The summed E-state index contributed by atoms with van der Waals surface area (Å²) in [6.45, 7) is 9.11. The van der Waals surface area contributed by atoms with Gasteiger partial charge in [-0.15, -0.1) is 0 Å². The Morgan fingerprint density at radius 3 is 2.58 bits per heavy atom. The van der Waals surface area contributed by atoms with Gasteiger partial charge < -0.3 is 9.84 Å². The monoisotopic (exact) mass is 328 g/mol. The van der Waals surface area contributed by atoms with E-state index in [0.29, 0.717) is 29.1 Å². The van der Waals surface area contributed by atoms with Gasteiger partial charge in [0, 0.05) is 11.8 Å². The van der Waals surface area contributed by atoms with Crippen LogP contribution in [-0.4, -0.2) is 16.8 Å². The summed E-state index contributed by atoms with van der Waals surface area (Å²) < 4.78 is 6.75. The molecule has 0 spiro atoms. The van der Waals surface area contributed by atoms with Gasteiger partial charge in [-0.25, -0.2) is 0 Å². The summed E-state index contributed by atoms with van der Waals surface area (Å²) in [5.74, 6) is 2.79. The summed E-state index contributed by atoms with van der Waals surface area (Å²) in [6, 6.07) is 8.56. The molecule has 0 radical (unpaired) electrons. The fourth-order valence-electron chi connectivity index (χ4n) is 6.37. The molecular weight excluding hydrogens is 296 g/mol. The largest absolute Gasteiger partial charge is 0.487 e. The highest BCUT2D eigenvalue weighted by molar-refractivity contribution is 5.37. The topological polar surface area (TPSA) is 29.5 Å². The zero-order valence-corrected chi connectivity index (χ0v) is 15.6. The lowest BCUT2D eigenvalue weighted by Crippen LogP contribution is -2.60. The van der Waals surface area contributed by atoms with Crippen molar-refractivity contribution in [1.82, 2.24) is 0 Å². The third-order valence-corrected chi connectivity index (χ3v) is 7.61. The van der Waals surface area contributed by atoms with Gasteiger partial charge in [-0.1, -0.05) is 39.0 Å². The summed E-state index contributed by atoms with van der Waals surface area (Å²) in [5, 5.41) is 10.9. The maximum atomic E-state index is 10.9. The van der Waals surface area contributed by atoms with Crippen LogP contribution in [-0.2, 0) is 6.42 Å². The number of hydrogen-bond donors (Lipinski definition) is 1. The van der Waals surface area contributed by atoms with Crippen molar-refractivity contribution in [2.75, 3.05) is 0 Å². The minimum atomic E-state index is -0.215. The van der Waals surface area contributed by atoms with Gasteiger partial charge in [-0.05, 0) is 67.9 Å². The molecule has 0 amide bonds. The molecule has 0 aromatic heterocycles. The Morgan fingerprint density at radius 1 is 1.12 bits per heavy atom. The summed E-state index contributed by atoms with van der Waals surface area (Å²) in [5.41, 5.74) is 1.54. The molecule has 3 aliphatic rings. The van der Waals surface area contributed by atoms with Gasteiger partial charge >= 0.3 is 0 Å². The summed E-state index contributed by atoms with van der Waals surface area (Å²) >= 11 is 0. The predicted molar refractivity (Wildman–Crippen MR) is 97.1 cm³/mol. The minimum Gasteiger partial charge on any atom is -0.487 e. The van der Waals surface area contributed by atoms with Crippen molar-refractivity contribution >= 4 is 0 Å². The Balaban J connectivity index is 1.75. The molecule has 2 fully saturated rings. The molecular formula is C22H32O2. The molecule has 2 heteroatoms. The average Bonchev–Trinajstić information content (AvgIpc) is 2.91. The molecule has 0 bridgehead atoms. The van der Waals surface area contributed by atoms with Gasteiger partial charge in [0.25, 0.3) is 0 Å². The Hall–Kier alpha value is -1.02. The standard InChI is InChI=1S/C22H32O2/c1-14(2)19(23)17-10-12-21(3)11-9-16-13-15-7-5-6-8-18(15)24-22(16,4)20(17)21/h5-8,14,16-17,19-20,23H,9-13H2,1-4H3. The molecule has 4 rings (SSSR count). The molecule has 24 heavy (non-hydrogen) atoms. The van der Waals surface area contributed by atoms with Crippen LogP contribution in [0.15, 0.2) is 24.3 Å². The van der Waals surface area contributed by atoms with Gasteiger partial charge in [-0.3, -0.25) is 0 Å². The van der Waals surface area contributed by atoms with Crippen molar-refractivity contribution < 1.29 is 9.84 Å². The molecule has 6 atom stereocenters. The van der Waals surface area contributed by atoms with E-state index in [2.05, 4.69) is 52.0 Å². The normalized spacial score (nSPS) is 42.0. The zero-order chi connectivity index (χ0) is 17.1. The fourth-order valence-corrected chi connectivity index (χ4v) is 6.37. The SMILES string of the molecule is CC(C)C(O)C1CCC2(C)CCC3Cc4ccccc4OC3(C)C12. The number of aliphatic hydroxyl groups excluding tert-OH is 1. The summed E-state index contributed by atoms with van der Waals surface area (Å²) in [6.07, 6.45) is 5.83. The smallest absolute Gasteiger partial charge is 0.123 e. The van der Waals surface area contributed by atoms with Gasteiger partial charge in [0.05, 0.1) is 6.10 Å². The van der Waals surface area contributed by atoms with Crippen LogP contribution in [0.3, 0.4) is 0 Å². The van der Waals surface area contributed by atoms with Gasteiger partial charge in [0.2, 0.25) is 0 Å². The molecule has 1 aromatic rings. The van der Waals surface area contributed by atoms with E-state index in [0.717, 1.165) is 18.6 Å². The lowest BCUT2D eigenvalue weighted by molar-refractivity contribution is -0.143. The number of hydrogen-bond acceptors (Lipinski definition) is 2. The molecule has 6 unspecified atom stereocenters. The fraction of sp³-hybridized carbons (Fsp3) is 0.727. The molecule has 132 valence electrons. The van der Waals surface area contributed by atoms with Crippen LogP contribution in [0.4, 0.5) is 0 Å². The predicted octanol–water partition coefficient (Wildman–Crippen LogP) is 4.84. The minimum absolute atomic E-state index is 0.140. The first kappa shape index (κ1) is 16.4. The first-order chi connectivity index (χ1) is 11.3. The molecule has 1 aromatic carbocycles. The van der Waals surface area contributed by atoms with Crippen molar-refractivity contribution in [3.63, 3.8) is 0 Å². The van der Waals surface area contributed by atoms with Crippen molar-refractivity contribution in [3.05, 3.63) is 29.8 Å². The highest BCUT2D eigenvalue weighted by atomic mass is 16.5. The van der Waals surface area contributed by atoms with Crippen molar-refractivity contribution in [1.29, 1.82) is 0 Å². The average molecular weight is 328 g/mol. The molecule has 2 saturated carbocycles. The third kappa shape index (κ3) is 2.25. The number of rotatable bonds is 2. The van der Waals surface area contributed by atoms with E-state index in [1.165, 1.54) is 24.8 Å². The van der Waals surface area contributed by atoms with Crippen molar-refractivity contribution in [3.8, 4) is 5.75 Å². The second kappa shape index (κ2) is 5.49. The number of benzene rings is 1. The highest BCUT2D eigenvalue weighted by Crippen LogP contribution is 2.63. The number of fused-ring (bicyclic) bond motifs is 4. The Morgan fingerprint density at radius 2 is 1.83 bits per heavy atom. The summed E-state index contributed by atoms with van der Waals surface area (Å²) in [7, 11) is 0. The molecule has 1 N–H and O–H groups in total. The molecule has 2 nitrogen and oxygen atoms in total. The van der Waals surface area contributed by atoms with Crippen LogP contribution in [0, 0.1) is 29.1 Å². The van der Waals surface area contributed by atoms with Crippen LogP contribution in [0.25, 0.3) is 0 Å². The molecule has 2 aliphatic carbocycles. The Bertz CT molecular complexity index is 624. The van der Waals surface area contributed by atoms with Gasteiger partial charge in [0.15, 0.2) is 0 Å². The second-order valence-corrected chi connectivity index (χ2v) is 9.40. The number of ether oxygens (including phenoxy) is 1. The van der Waals surface area contributed by atoms with Crippen LogP contribution in [0.1, 0.15) is 58.9 Å². The lowest BCUT2D eigenvalue weighted by atomic mass is 9.54. The molecule has 0 saturated heterocycles.